The van der Waals surface area contributed by atoms with Crippen LogP contribution in [0.2, 0.25) is 0 Å². The van der Waals surface area contributed by atoms with E-state index in [4.69, 9.17) is 0 Å². The van der Waals surface area contributed by atoms with Crippen molar-refractivity contribution in [3.63, 3.8) is 0 Å². The number of aromatic nitrogens is 2. The Balaban J connectivity index is 0.000000185. The number of carbonyl (C=O) groups excluding carboxylic acids is 1. The summed E-state index contributed by atoms with van der Waals surface area (Å²) in [4.78, 5) is 10.4. The van der Waals surface area contributed by atoms with E-state index in [0.717, 1.165) is 18.5 Å². The lowest BCUT2D eigenvalue weighted by molar-refractivity contribution is -0.105. The van der Waals surface area contributed by atoms with Crippen LogP contribution in [0.1, 0.15) is 49.1 Å². The zero-order valence-electron chi connectivity index (χ0n) is 14.4. The molecule has 1 aliphatic rings. The number of amides is 1. The lowest BCUT2D eigenvalue weighted by Crippen LogP contribution is -2.11. The number of nitrogens with zero attached hydrogens (tertiary/aromatic N) is 2. The van der Waals surface area contributed by atoms with Gasteiger partial charge in [-0.1, -0.05) is 26.0 Å². The molecule has 0 unspecified atom stereocenters. The summed E-state index contributed by atoms with van der Waals surface area (Å²) in [5, 5.41) is 6.34. The van der Waals surface area contributed by atoms with Gasteiger partial charge >= 0.3 is 0 Å². The smallest absolute Gasteiger partial charge is 0.282 e. The predicted octanol–water partition coefficient (Wildman–Crippen LogP) is 4.14. The third-order valence-electron chi connectivity index (χ3n) is 4.38. The number of carbonyl (C=O) groups is 1. The van der Waals surface area contributed by atoms with Crippen LogP contribution >= 0.6 is 0 Å². The van der Waals surface area contributed by atoms with E-state index in [2.05, 4.69) is 30.3 Å². The molecule has 0 aliphatic heterocycles. The van der Waals surface area contributed by atoms with E-state index in [1.807, 2.05) is 12.1 Å². The average Bonchev–Trinajstić information content (AvgIpc) is 3.00. The minimum Gasteiger partial charge on any atom is -0.328 e. The van der Waals surface area contributed by atoms with Crippen molar-refractivity contribution in [2.45, 2.75) is 45.5 Å². The first kappa shape index (κ1) is 18.1. The van der Waals surface area contributed by atoms with Crippen molar-refractivity contribution in [2.24, 2.45) is 7.05 Å². The lowest BCUT2D eigenvalue weighted by Gasteiger charge is -2.19. The van der Waals surface area contributed by atoms with Gasteiger partial charge in [0.25, 0.3) is 6.43 Å². The van der Waals surface area contributed by atoms with Crippen LogP contribution in [-0.2, 0) is 23.7 Å². The van der Waals surface area contributed by atoms with Crippen LogP contribution in [0.4, 0.5) is 14.5 Å². The monoisotopic (exact) mass is 335 g/mol. The summed E-state index contributed by atoms with van der Waals surface area (Å²) in [6.45, 7) is 6.13. The van der Waals surface area contributed by atoms with E-state index in [0.29, 0.717) is 5.56 Å². The van der Waals surface area contributed by atoms with Gasteiger partial charge in [0.15, 0.2) is 0 Å². The molecule has 0 bridgehead atoms. The first-order valence-electron chi connectivity index (χ1n) is 7.87. The quantitative estimate of drug-likeness (QED) is 0.857. The average molecular weight is 335 g/mol. The van der Waals surface area contributed by atoms with Gasteiger partial charge in [-0.2, -0.15) is 5.10 Å². The van der Waals surface area contributed by atoms with Gasteiger partial charge in [-0.15, -0.1) is 0 Å². The number of fused-ring (bicyclic) bond motifs is 1. The van der Waals surface area contributed by atoms with E-state index < -0.39 is 6.43 Å². The van der Waals surface area contributed by atoms with Crippen LogP contribution in [-0.4, -0.2) is 16.2 Å². The Bertz CT molecular complexity index is 723. The molecule has 1 N–H and O–H groups in total. The van der Waals surface area contributed by atoms with Crippen molar-refractivity contribution >= 4 is 12.1 Å². The number of alkyl halides is 2. The molecule has 1 aliphatic carbocycles. The van der Waals surface area contributed by atoms with E-state index in [1.165, 1.54) is 22.2 Å². The van der Waals surface area contributed by atoms with Crippen LogP contribution in [0.25, 0.3) is 0 Å². The molecule has 2 aromatic rings. The standard InChI is InChI=1S/C12H15NO.C6H8F2N2/c1-12(2)7-6-9-10(12)4-3-5-11(9)13-8-14;1-4-3-10(2)9-5(4)6(7)8/h3-5,8H,6-7H2,1-2H3,(H,13,14);3,6H,1-2H3. The maximum absolute atomic E-state index is 12.0. The van der Waals surface area contributed by atoms with E-state index in [9.17, 15) is 13.6 Å². The predicted molar refractivity (Wildman–Crippen MR) is 90.4 cm³/mol. The highest BCUT2D eigenvalue weighted by Crippen LogP contribution is 2.41. The van der Waals surface area contributed by atoms with Crippen LogP contribution in [0.3, 0.4) is 0 Å². The Morgan fingerprint density at radius 2 is 2.08 bits per heavy atom. The van der Waals surface area contributed by atoms with E-state index >= 15 is 0 Å². The molecule has 3 rings (SSSR count). The molecule has 0 radical (unpaired) electrons. The fourth-order valence-corrected chi connectivity index (χ4v) is 3.10. The van der Waals surface area contributed by atoms with E-state index in [-0.39, 0.29) is 11.1 Å². The summed E-state index contributed by atoms with van der Waals surface area (Å²) in [5.41, 5.74) is 4.34. The molecule has 24 heavy (non-hydrogen) atoms. The molecule has 0 atom stereocenters. The lowest BCUT2D eigenvalue weighted by atomic mass is 9.86. The van der Waals surface area contributed by atoms with Crippen molar-refractivity contribution < 1.29 is 13.6 Å². The minimum atomic E-state index is -2.46. The van der Waals surface area contributed by atoms with Gasteiger partial charge in [0.2, 0.25) is 6.41 Å². The van der Waals surface area contributed by atoms with Crippen molar-refractivity contribution in [3.8, 4) is 0 Å². The second kappa shape index (κ2) is 7.11. The molecule has 1 heterocycles. The molecule has 4 nitrogen and oxygen atoms in total. The highest BCUT2D eigenvalue weighted by Gasteiger charge is 2.30. The summed E-state index contributed by atoms with van der Waals surface area (Å²) in [6, 6.07) is 6.14. The SMILES string of the molecule is CC1(C)CCc2c(NC=O)cccc21.Cc1cn(C)nc1C(F)F. The van der Waals surface area contributed by atoms with Gasteiger partial charge in [0.1, 0.15) is 5.69 Å². The maximum atomic E-state index is 12.0. The molecule has 1 aromatic carbocycles. The second-order valence-corrected chi connectivity index (χ2v) is 6.65. The van der Waals surface area contributed by atoms with Gasteiger partial charge in [0, 0.05) is 18.9 Å². The number of nitrogens with one attached hydrogen (secondary N) is 1. The Hall–Kier alpha value is -2.24. The van der Waals surface area contributed by atoms with Gasteiger partial charge in [0.05, 0.1) is 0 Å². The number of hydrogen-bond acceptors (Lipinski definition) is 2. The first-order valence-corrected chi connectivity index (χ1v) is 7.87. The number of halogens is 2. The van der Waals surface area contributed by atoms with Gasteiger partial charge in [-0.25, -0.2) is 8.78 Å². The van der Waals surface area contributed by atoms with Gasteiger partial charge < -0.3 is 5.32 Å². The molecule has 0 fully saturated rings. The third-order valence-corrected chi connectivity index (χ3v) is 4.38. The first-order chi connectivity index (χ1) is 11.3. The van der Waals surface area contributed by atoms with Crippen molar-refractivity contribution in [1.82, 2.24) is 9.78 Å². The molecular weight excluding hydrogens is 312 g/mol. The molecule has 130 valence electrons. The summed E-state index contributed by atoms with van der Waals surface area (Å²) in [7, 11) is 1.62. The molecule has 6 heteroatoms. The highest BCUT2D eigenvalue weighted by molar-refractivity contribution is 5.75. The Kier molecular flexibility index (Phi) is 5.36. The molecule has 0 saturated heterocycles. The van der Waals surface area contributed by atoms with Crippen molar-refractivity contribution in [1.29, 1.82) is 0 Å². The number of hydrogen-bond donors (Lipinski definition) is 1. The van der Waals surface area contributed by atoms with Gasteiger partial charge in [-0.05, 0) is 47.9 Å². The molecule has 0 saturated carbocycles. The summed E-state index contributed by atoms with van der Waals surface area (Å²) < 4.78 is 25.3. The summed E-state index contributed by atoms with van der Waals surface area (Å²) in [6.07, 6.45) is 2.10. The topological polar surface area (TPSA) is 46.9 Å². The highest BCUT2D eigenvalue weighted by atomic mass is 19.3. The van der Waals surface area contributed by atoms with Crippen LogP contribution in [0.15, 0.2) is 24.4 Å². The fourth-order valence-electron chi connectivity index (χ4n) is 3.10. The molecule has 0 spiro atoms. The van der Waals surface area contributed by atoms with Crippen molar-refractivity contribution in [2.75, 3.05) is 5.32 Å². The maximum Gasteiger partial charge on any atom is 0.282 e. The molecule has 1 aromatic heterocycles. The second-order valence-electron chi connectivity index (χ2n) is 6.65. The Labute approximate surface area is 140 Å². The van der Waals surface area contributed by atoms with Crippen LogP contribution < -0.4 is 5.32 Å². The zero-order chi connectivity index (χ0) is 17.9. The molecule has 1 amide bonds. The zero-order valence-corrected chi connectivity index (χ0v) is 14.4. The summed E-state index contributed by atoms with van der Waals surface area (Å²) >= 11 is 0. The number of rotatable bonds is 3. The fraction of sp³-hybridized carbons (Fsp3) is 0.444. The number of anilines is 1. The van der Waals surface area contributed by atoms with Gasteiger partial charge in [-0.3, -0.25) is 9.48 Å². The minimum absolute atomic E-state index is 0.123. The van der Waals surface area contributed by atoms with Crippen molar-refractivity contribution in [3.05, 3.63) is 46.8 Å². The third kappa shape index (κ3) is 3.80. The Morgan fingerprint density at radius 3 is 2.58 bits per heavy atom. The molecular formula is C18H23F2N3O. The normalized spacial score (nSPS) is 14.8. The number of aryl methyl sites for hydroxylation is 2. The summed E-state index contributed by atoms with van der Waals surface area (Å²) in [5.74, 6) is 0. The van der Waals surface area contributed by atoms with Crippen LogP contribution in [0, 0.1) is 6.92 Å². The Morgan fingerprint density at radius 1 is 1.38 bits per heavy atom. The largest absolute Gasteiger partial charge is 0.328 e. The van der Waals surface area contributed by atoms with E-state index in [1.54, 1.807) is 20.2 Å². The van der Waals surface area contributed by atoms with Crippen LogP contribution in [0.5, 0.6) is 0 Å². The number of benzene rings is 1.